The summed E-state index contributed by atoms with van der Waals surface area (Å²) in [6.45, 7) is 0. The first kappa shape index (κ1) is 23.9. The van der Waals surface area contributed by atoms with Gasteiger partial charge in [0, 0.05) is 5.92 Å². The highest BCUT2D eigenvalue weighted by atomic mass is 16.5. The molecule has 9 rings (SSSR count). The molecule has 4 atom stereocenters. The van der Waals surface area contributed by atoms with Crippen molar-refractivity contribution in [2.24, 2.45) is 0 Å². The first-order valence-corrected chi connectivity index (χ1v) is 14.9. The van der Waals surface area contributed by atoms with Gasteiger partial charge in [-0.05, 0) is 38.9 Å². The molecule has 6 aromatic carbocycles. The minimum absolute atomic E-state index is 0.151. The Morgan fingerprint density at radius 3 is 1.02 bits per heavy atom. The summed E-state index contributed by atoms with van der Waals surface area (Å²) < 4.78 is 8.02. The van der Waals surface area contributed by atoms with E-state index in [1.54, 1.807) is 0 Å². The molecular formula is C41H30O. The summed E-state index contributed by atoms with van der Waals surface area (Å²) in [5.74, 6) is 0.151. The lowest BCUT2D eigenvalue weighted by Crippen LogP contribution is -2.45. The number of hydrogen-bond donors (Lipinski definition) is 0. The number of benzene rings is 6. The maximum absolute atomic E-state index is 8.02. The average molecular weight is 539 g/mol. The molecule has 3 aliphatic rings. The molecule has 0 spiro atoms. The standard InChI is InChI=1S/C41H30O/c1-6-18-30(19-7-1)37-38(31-20-8-2-9-21-31)39(37,32-22-10-3-11-23-32)41(34-26-14-5-15-27-34)36-29-17-16-28-35(36)40(38,42-41)33-24-12-4-13-25-33/h1-29,37H/t38-,39-,40-,41-/m0/s1. The summed E-state index contributed by atoms with van der Waals surface area (Å²) in [4.78, 5) is 0. The van der Waals surface area contributed by atoms with Gasteiger partial charge in [-0.25, -0.2) is 0 Å². The summed E-state index contributed by atoms with van der Waals surface area (Å²) >= 11 is 0. The number of ether oxygens (including phenoxy) is 1. The van der Waals surface area contributed by atoms with E-state index in [4.69, 9.17) is 4.74 Å². The largest absolute Gasteiger partial charge is 0.348 e. The maximum atomic E-state index is 8.02. The third-order valence-electron chi connectivity index (χ3n) is 10.5. The Kier molecular flexibility index (Phi) is 4.79. The molecule has 1 aliphatic carbocycles. The van der Waals surface area contributed by atoms with Crippen LogP contribution >= 0.6 is 0 Å². The van der Waals surface area contributed by atoms with Crippen molar-refractivity contribution < 1.29 is 4.74 Å². The number of hydrogen-bond acceptors (Lipinski definition) is 1. The lowest BCUT2D eigenvalue weighted by Gasteiger charge is -2.40. The summed E-state index contributed by atoms with van der Waals surface area (Å²) in [5.41, 5.74) is 6.65. The van der Waals surface area contributed by atoms with Crippen molar-refractivity contribution in [3.05, 3.63) is 215 Å². The van der Waals surface area contributed by atoms with E-state index >= 15 is 0 Å². The van der Waals surface area contributed by atoms with Crippen LogP contribution in [0.2, 0.25) is 0 Å². The molecule has 1 nitrogen and oxygen atoms in total. The Labute approximate surface area is 247 Å². The van der Waals surface area contributed by atoms with Gasteiger partial charge in [-0.15, -0.1) is 0 Å². The van der Waals surface area contributed by atoms with Crippen LogP contribution in [0.25, 0.3) is 0 Å². The fourth-order valence-electron chi connectivity index (χ4n) is 9.43. The van der Waals surface area contributed by atoms with Gasteiger partial charge < -0.3 is 4.74 Å². The van der Waals surface area contributed by atoms with Gasteiger partial charge in [-0.3, -0.25) is 0 Å². The Morgan fingerprint density at radius 2 is 0.643 bits per heavy atom. The van der Waals surface area contributed by atoms with Crippen molar-refractivity contribution in [3.63, 3.8) is 0 Å². The van der Waals surface area contributed by atoms with E-state index in [1.165, 1.54) is 38.9 Å². The summed E-state index contributed by atoms with van der Waals surface area (Å²) in [5, 5.41) is 0. The Hall–Kier alpha value is -4.72. The minimum Gasteiger partial charge on any atom is -0.348 e. The molecule has 2 bridgehead atoms. The van der Waals surface area contributed by atoms with E-state index in [2.05, 4.69) is 176 Å². The SMILES string of the molecule is c1ccc(C2[C@]3(c4ccccc4)[C@@]4(c5ccccc5)O[C@@](c5ccccc5)(c5ccccc54)[C@@]23c2ccccc2)cc1. The molecule has 0 amide bonds. The molecule has 0 aromatic heterocycles. The molecule has 1 heteroatoms. The van der Waals surface area contributed by atoms with Crippen molar-refractivity contribution in [3.8, 4) is 0 Å². The normalized spacial score (nSPS) is 30.0. The van der Waals surface area contributed by atoms with Crippen molar-refractivity contribution in [2.45, 2.75) is 27.9 Å². The van der Waals surface area contributed by atoms with Crippen molar-refractivity contribution in [1.29, 1.82) is 0 Å². The molecule has 0 radical (unpaired) electrons. The molecule has 200 valence electrons. The number of fused-ring (bicyclic) bond motifs is 8. The third-order valence-corrected chi connectivity index (χ3v) is 10.5. The topological polar surface area (TPSA) is 9.23 Å². The van der Waals surface area contributed by atoms with E-state index in [9.17, 15) is 0 Å². The van der Waals surface area contributed by atoms with Crippen LogP contribution in [0.3, 0.4) is 0 Å². The van der Waals surface area contributed by atoms with E-state index in [1.807, 2.05) is 0 Å². The highest BCUT2D eigenvalue weighted by Crippen LogP contribution is 2.95. The van der Waals surface area contributed by atoms with Gasteiger partial charge in [0.25, 0.3) is 0 Å². The summed E-state index contributed by atoms with van der Waals surface area (Å²) in [6, 6.07) is 64.7. The second-order valence-electron chi connectivity index (χ2n) is 11.9. The first-order valence-electron chi connectivity index (χ1n) is 14.9. The Balaban J connectivity index is 1.55. The Morgan fingerprint density at radius 1 is 0.333 bits per heavy atom. The van der Waals surface area contributed by atoms with Crippen LogP contribution in [-0.2, 0) is 26.8 Å². The monoisotopic (exact) mass is 538 g/mol. The van der Waals surface area contributed by atoms with Crippen molar-refractivity contribution >= 4 is 0 Å². The van der Waals surface area contributed by atoms with Crippen molar-refractivity contribution in [1.82, 2.24) is 0 Å². The number of rotatable bonds is 5. The van der Waals surface area contributed by atoms with E-state index < -0.39 is 22.0 Å². The van der Waals surface area contributed by atoms with Gasteiger partial charge in [0.2, 0.25) is 0 Å². The zero-order valence-electron chi connectivity index (χ0n) is 23.2. The van der Waals surface area contributed by atoms with Gasteiger partial charge in [-0.1, -0.05) is 176 Å². The lowest BCUT2D eigenvalue weighted by atomic mass is 9.57. The van der Waals surface area contributed by atoms with Gasteiger partial charge in [0.1, 0.15) is 11.2 Å². The molecular weight excluding hydrogens is 508 g/mol. The summed E-state index contributed by atoms with van der Waals surface area (Å²) in [7, 11) is 0. The Bertz CT molecular complexity index is 1780. The molecule has 6 aromatic rings. The highest BCUT2D eigenvalue weighted by Gasteiger charge is 2.99. The second-order valence-corrected chi connectivity index (χ2v) is 11.9. The highest BCUT2D eigenvalue weighted by molar-refractivity contribution is 5.79. The van der Waals surface area contributed by atoms with Crippen molar-refractivity contribution in [2.75, 3.05) is 0 Å². The van der Waals surface area contributed by atoms with Crippen LogP contribution in [0.15, 0.2) is 176 Å². The minimum atomic E-state index is -0.724. The van der Waals surface area contributed by atoms with E-state index in [0.29, 0.717) is 0 Å². The molecule has 2 aliphatic heterocycles. The zero-order chi connectivity index (χ0) is 27.8. The molecule has 0 N–H and O–H groups in total. The second kappa shape index (κ2) is 8.41. The molecule has 2 heterocycles. The predicted octanol–water partition coefficient (Wildman–Crippen LogP) is 8.89. The maximum Gasteiger partial charge on any atom is 0.131 e. The zero-order valence-corrected chi connectivity index (χ0v) is 23.2. The molecule has 2 fully saturated rings. The van der Waals surface area contributed by atoms with Crippen LogP contribution in [0.5, 0.6) is 0 Å². The molecule has 0 unspecified atom stereocenters. The van der Waals surface area contributed by atoms with Gasteiger partial charge >= 0.3 is 0 Å². The molecule has 42 heavy (non-hydrogen) atoms. The van der Waals surface area contributed by atoms with Crippen LogP contribution < -0.4 is 0 Å². The smallest absolute Gasteiger partial charge is 0.131 e. The van der Waals surface area contributed by atoms with Crippen LogP contribution in [0.1, 0.15) is 44.9 Å². The fraction of sp³-hybridized carbons (Fsp3) is 0.122. The van der Waals surface area contributed by atoms with Gasteiger partial charge in [-0.2, -0.15) is 0 Å². The van der Waals surface area contributed by atoms with Gasteiger partial charge in [0.15, 0.2) is 0 Å². The van der Waals surface area contributed by atoms with Gasteiger partial charge in [0.05, 0.1) is 10.8 Å². The fourth-order valence-corrected chi connectivity index (χ4v) is 9.43. The predicted molar refractivity (Wildman–Crippen MR) is 167 cm³/mol. The van der Waals surface area contributed by atoms with E-state index in [-0.39, 0.29) is 5.92 Å². The average Bonchev–Trinajstić information content (AvgIpc) is 3.54. The van der Waals surface area contributed by atoms with E-state index in [0.717, 1.165) is 0 Å². The van der Waals surface area contributed by atoms with Crippen LogP contribution in [0.4, 0.5) is 0 Å². The quantitative estimate of drug-likeness (QED) is 0.213. The third kappa shape index (κ3) is 2.48. The molecule has 1 saturated heterocycles. The first-order chi connectivity index (χ1) is 20.8. The van der Waals surface area contributed by atoms with Crippen LogP contribution in [-0.4, -0.2) is 0 Å². The summed E-state index contributed by atoms with van der Waals surface area (Å²) in [6.07, 6.45) is 0. The van der Waals surface area contributed by atoms with Crippen LogP contribution in [0, 0.1) is 0 Å². The molecule has 1 saturated carbocycles. The lowest BCUT2D eigenvalue weighted by molar-refractivity contribution is -0.0843.